The zero-order valence-corrected chi connectivity index (χ0v) is 9.33. The fourth-order valence-electron chi connectivity index (χ4n) is 1.26. The van der Waals surface area contributed by atoms with Gasteiger partial charge in [0, 0.05) is 6.07 Å². The van der Waals surface area contributed by atoms with Crippen LogP contribution in [-0.4, -0.2) is 22.2 Å². The summed E-state index contributed by atoms with van der Waals surface area (Å²) in [5.74, 6) is 1.70. The molecule has 0 saturated heterocycles. The maximum atomic E-state index is 8.83. The van der Waals surface area contributed by atoms with E-state index in [1.165, 1.54) is 12.4 Å². The molecule has 0 unspecified atom stereocenters. The van der Waals surface area contributed by atoms with Crippen molar-refractivity contribution in [1.29, 1.82) is 0 Å². The van der Waals surface area contributed by atoms with Crippen LogP contribution in [0.1, 0.15) is 5.69 Å². The molecule has 0 radical (unpaired) electrons. The Bertz CT molecular complexity index is 485. The summed E-state index contributed by atoms with van der Waals surface area (Å²) in [4.78, 5) is 7.98. The predicted molar refractivity (Wildman–Crippen MR) is 61.0 cm³/mol. The SMILES string of the molecule is COc1cccc(Oc2cnc(CO)cn2)c1. The monoisotopic (exact) mass is 232 g/mol. The molecule has 0 aliphatic carbocycles. The number of aliphatic hydroxyl groups excluding tert-OH is 1. The number of aromatic nitrogens is 2. The Morgan fingerprint density at radius 1 is 1.18 bits per heavy atom. The molecule has 0 amide bonds. The lowest BCUT2D eigenvalue weighted by atomic mass is 10.3. The number of aliphatic hydroxyl groups is 1. The van der Waals surface area contributed by atoms with Crippen LogP contribution >= 0.6 is 0 Å². The third-order valence-electron chi connectivity index (χ3n) is 2.11. The Morgan fingerprint density at radius 2 is 2.00 bits per heavy atom. The molecule has 0 atom stereocenters. The Kier molecular flexibility index (Phi) is 3.52. The van der Waals surface area contributed by atoms with E-state index in [0.717, 1.165) is 0 Å². The number of ether oxygens (including phenoxy) is 2. The predicted octanol–water partition coefficient (Wildman–Crippen LogP) is 1.77. The Balaban J connectivity index is 2.13. The number of hydrogen-bond donors (Lipinski definition) is 1. The van der Waals surface area contributed by atoms with Crippen LogP contribution in [0.15, 0.2) is 36.7 Å². The zero-order chi connectivity index (χ0) is 12.1. The highest BCUT2D eigenvalue weighted by Gasteiger charge is 2.01. The van der Waals surface area contributed by atoms with Gasteiger partial charge in [-0.05, 0) is 12.1 Å². The second-order valence-electron chi connectivity index (χ2n) is 3.29. The van der Waals surface area contributed by atoms with Gasteiger partial charge in [-0.25, -0.2) is 4.98 Å². The average molecular weight is 232 g/mol. The summed E-state index contributed by atoms with van der Waals surface area (Å²) in [6.07, 6.45) is 2.93. The fraction of sp³-hybridized carbons (Fsp3) is 0.167. The van der Waals surface area contributed by atoms with E-state index >= 15 is 0 Å². The molecule has 5 nitrogen and oxygen atoms in total. The molecule has 0 spiro atoms. The van der Waals surface area contributed by atoms with E-state index in [0.29, 0.717) is 23.1 Å². The van der Waals surface area contributed by atoms with Crippen molar-refractivity contribution in [2.24, 2.45) is 0 Å². The molecule has 2 rings (SSSR count). The van der Waals surface area contributed by atoms with Crippen LogP contribution in [0.2, 0.25) is 0 Å². The van der Waals surface area contributed by atoms with Gasteiger partial charge in [-0.3, -0.25) is 4.98 Å². The Morgan fingerprint density at radius 3 is 2.65 bits per heavy atom. The van der Waals surface area contributed by atoms with E-state index in [9.17, 15) is 0 Å². The second kappa shape index (κ2) is 5.27. The van der Waals surface area contributed by atoms with Crippen LogP contribution < -0.4 is 9.47 Å². The minimum Gasteiger partial charge on any atom is -0.497 e. The molecule has 17 heavy (non-hydrogen) atoms. The van der Waals surface area contributed by atoms with Crippen LogP contribution in [0.3, 0.4) is 0 Å². The van der Waals surface area contributed by atoms with Crippen LogP contribution in [0.5, 0.6) is 17.4 Å². The van der Waals surface area contributed by atoms with Crippen molar-refractivity contribution in [3.05, 3.63) is 42.4 Å². The van der Waals surface area contributed by atoms with Crippen molar-refractivity contribution >= 4 is 0 Å². The highest BCUT2D eigenvalue weighted by Crippen LogP contribution is 2.23. The topological polar surface area (TPSA) is 64.5 Å². The van der Waals surface area contributed by atoms with E-state index in [4.69, 9.17) is 14.6 Å². The summed E-state index contributed by atoms with van der Waals surface area (Å²) in [5.41, 5.74) is 0.503. The smallest absolute Gasteiger partial charge is 0.237 e. The van der Waals surface area contributed by atoms with E-state index in [-0.39, 0.29) is 6.61 Å². The Hall–Kier alpha value is -2.14. The molecule has 1 heterocycles. The molecule has 0 saturated carbocycles. The first-order valence-electron chi connectivity index (χ1n) is 5.05. The molecular weight excluding hydrogens is 220 g/mol. The lowest BCUT2D eigenvalue weighted by Gasteiger charge is -2.06. The summed E-state index contributed by atoms with van der Waals surface area (Å²) >= 11 is 0. The third kappa shape index (κ3) is 2.92. The summed E-state index contributed by atoms with van der Waals surface area (Å²) in [5, 5.41) is 8.83. The van der Waals surface area contributed by atoms with Gasteiger partial charge in [0.25, 0.3) is 0 Å². The number of rotatable bonds is 4. The Labute approximate surface area is 98.7 Å². The number of hydrogen-bond acceptors (Lipinski definition) is 5. The highest BCUT2D eigenvalue weighted by molar-refractivity contribution is 5.34. The largest absolute Gasteiger partial charge is 0.497 e. The fourth-order valence-corrected chi connectivity index (χ4v) is 1.26. The molecule has 88 valence electrons. The van der Waals surface area contributed by atoms with Crippen LogP contribution in [0.4, 0.5) is 0 Å². The molecule has 1 aromatic heterocycles. The van der Waals surface area contributed by atoms with Gasteiger partial charge in [0.1, 0.15) is 11.5 Å². The van der Waals surface area contributed by atoms with Crippen LogP contribution in [-0.2, 0) is 6.61 Å². The molecule has 0 aliphatic rings. The van der Waals surface area contributed by atoms with E-state index in [1.54, 1.807) is 19.2 Å². The van der Waals surface area contributed by atoms with Gasteiger partial charge in [0.05, 0.1) is 31.8 Å². The van der Waals surface area contributed by atoms with Crippen molar-refractivity contribution in [3.8, 4) is 17.4 Å². The van der Waals surface area contributed by atoms with Crippen molar-refractivity contribution in [2.75, 3.05) is 7.11 Å². The lowest BCUT2D eigenvalue weighted by Crippen LogP contribution is -1.94. The van der Waals surface area contributed by atoms with Gasteiger partial charge in [0.2, 0.25) is 5.88 Å². The van der Waals surface area contributed by atoms with Gasteiger partial charge in [-0.2, -0.15) is 0 Å². The molecule has 1 N–H and O–H groups in total. The number of benzene rings is 1. The van der Waals surface area contributed by atoms with E-state index in [2.05, 4.69) is 9.97 Å². The first-order valence-corrected chi connectivity index (χ1v) is 5.05. The first kappa shape index (κ1) is 11.3. The minimum absolute atomic E-state index is 0.133. The van der Waals surface area contributed by atoms with Crippen molar-refractivity contribution < 1.29 is 14.6 Å². The standard InChI is InChI=1S/C12H12N2O3/c1-16-10-3-2-4-11(5-10)17-12-7-13-9(8-15)6-14-12/h2-7,15H,8H2,1H3. The molecule has 0 bridgehead atoms. The van der Waals surface area contributed by atoms with E-state index in [1.807, 2.05) is 12.1 Å². The summed E-state index contributed by atoms with van der Waals surface area (Å²) in [6, 6.07) is 7.20. The molecular formula is C12H12N2O3. The van der Waals surface area contributed by atoms with E-state index < -0.39 is 0 Å². The van der Waals surface area contributed by atoms with Gasteiger partial charge >= 0.3 is 0 Å². The van der Waals surface area contributed by atoms with Crippen molar-refractivity contribution in [2.45, 2.75) is 6.61 Å². The lowest BCUT2D eigenvalue weighted by molar-refractivity contribution is 0.276. The second-order valence-corrected chi connectivity index (χ2v) is 3.29. The average Bonchev–Trinajstić information content (AvgIpc) is 2.40. The quantitative estimate of drug-likeness (QED) is 0.870. The minimum atomic E-state index is -0.133. The summed E-state index contributed by atoms with van der Waals surface area (Å²) in [7, 11) is 1.59. The van der Waals surface area contributed by atoms with Gasteiger partial charge < -0.3 is 14.6 Å². The first-order chi connectivity index (χ1) is 8.31. The van der Waals surface area contributed by atoms with Crippen molar-refractivity contribution in [3.63, 3.8) is 0 Å². The maximum Gasteiger partial charge on any atom is 0.237 e. The van der Waals surface area contributed by atoms with Crippen LogP contribution in [0, 0.1) is 0 Å². The van der Waals surface area contributed by atoms with Crippen molar-refractivity contribution in [1.82, 2.24) is 9.97 Å². The van der Waals surface area contributed by atoms with Gasteiger partial charge in [-0.1, -0.05) is 6.07 Å². The van der Waals surface area contributed by atoms with Gasteiger partial charge in [-0.15, -0.1) is 0 Å². The zero-order valence-electron chi connectivity index (χ0n) is 9.33. The van der Waals surface area contributed by atoms with Crippen LogP contribution in [0.25, 0.3) is 0 Å². The van der Waals surface area contributed by atoms with Gasteiger partial charge in [0.15, 0.2) is 0 Å². The highest BCUT2D eigenvalue weighted by atomic mass is 16.5. The summed E-state index contributed by atoms with van der Waals surface area (Å²) < 4.78 is 10.6. The molecule has 5 heteroatoms. The molecule has 0 fully saturated rings. The summed E-state index contributed by atoms with van der Waals surface area (Å²) in [6.45, 7) is -0.133. The third-order valence-corrected chi connectivity index (χ3v) is 2.11. The molecule has 1 aromatic carbocycles. The normalized spacial score (nSPS) is 10.0. The molecule has 0 aliphatic heterocycles. The number of nitrogens with zero attached hydrogens (tertiary/aromatic N) is 2. The molecule has 2 aromatic rings. The maximum absolute atomic E-state index is 8.83. The number of methoxy groups -OCH3 is 1.